The van der Waals surface area contributed by atoms with Crippen LogP contribution in [0.2, 0.25) is 0 Å². The van der Waals surface area contributed by atoms with Gasteiger partial charge in [0.15, 0.2) is 0 Å². The van der Waals surface area contributed by atoms with Gasteiger partial charge in [-0.1, -0.05) is 13.8 Å². The number of amides is 1. The maximum absolute atomic E-state index is 14.4. The Balaban J connectivity index is 1.75. The van der Waals surface area contributed by atoms with E-state index in [2.05, 4.69) is 18.7 Å². The molecule has 7 nitrogen and oxygen atoms in total. The van der Waals surface area contributed by atoms with Crippen LogP contribution in [-0.2, 0) is 14.8 Å². The minimum atomic E-state index is -3.78. The molecule has 2 saturated heterocycles. The Morgan fingerprint density at radius 3 is 2.36 bits per heavy atom. The number of nitrogens with zero attached hydrogens (tertiary/aromatic N) is 3. The maximum Gasteiger partial charge on any atom is 0.256 e. The molecule has 1 amide bonds. The summed E-state index contributed by atoms with van der Waals surface area (Å²) in [6, 6.07) is 3.45. The number of rotatable bonds is 5. The Labute approximate surface area is 166 Å². The SMILES string of the molecule is CC(C)CN1CCN(C(=O)c2cc(S(=O)(=O)N3CCOCC3)ccc2F)CC1. The van der Waals surface area contributed by atoms with Crippen LogP contribution in [0.15, 0.2) is 23.1 Å². The molecule has 156 valence electrons. The average Bonchev–Trinajstić information content (AvgIpc) is 2.68. The third-order valence-corrected chi connectivity index (χ3v) is 6.95. The first-order chi connectivity index (χ1) is 13.3. The molecule has 0 atom stereocenters. The third kappa shape index (κ3) is 4.71. The second kappa shape index (κ2) is 8.86. The van der Waals surface area contributed by atoms with Crippen LogP contribution in [0.25, 0.3) is 0 Å². The number of ether oxygens (including phenoxy) is 1. The largest absolute Gasteiger partial charge is 0.379 e. The highest BCUT2D eigenvalue weighted by molar-refractivity contribution is 7.89. The van der Waals surface area contributed by atoms with Crippen molar-refractivity contribution in [2.75, 3.05) is 59.0 Å². The van der Waals surface area contributed by atoms with Gasteiger partial charge in [0.1, 0.15) is 5.82 Å². The Kier molecular flexibility index (Phi) is 6.69. The molecule has 28 heavy (non-hydrogen) atoms. The summed E-state index contributed by atoms with van der Waals surface area (Å²) in [7, 11) is -3.78. The van der Waals surface area contributed by atoms with Gasteiger partial charge in [-0.25, -0.2) is 12.8 Å². The van der Waals surface area contributed by atoms with Crippen molar-refractivity contribution < 1.29 is 22.3 Å². The number of benzene rings is 1. The van der Waals surface area contributed by atoms with Crippen LogP contribution >= 0.6 is 0 Å². The first-order valence-electron chi connectivity index (χ1n) is 9.68. The second-order valence-electron chi connectivity index (χ2n) is 7.64. The Morgan fingerprint density at radius 1 is 1.11 bits per heavy atom. The van der Waals surface area contributed by atoms with Crippen molar-refractivity contribution in [3.05, 3.63) is 29.6 Å². The molecule has 1 aromatic carbocycles. The van der Waals surface area contributed by atoms with Gasteiger partial charge in [0.2, 0.25) is 10.0 Å². The van der Waals surface area contributed by atoms with Crippen molar-refractivity contribution in [2.45, 2.75) is 18.7 Å². The van der Waals surface area contributed by atoms with E-state index in [0.29, 0.717) is 32.2 Å². The molecule has 1 aromatic rings. The van der Waals surface area contributed by atoms with Crippen LogP contribution in [0.3, 0.4) is 0 Å². The number of carbonyl (C=O) groups excluding carboxylic acids is 1. The number of hydrogen-bond donors (Lipinski definition) is 0. The zero-order chi connectivity index (χ0) is 20.3. The fraction of sp³-hybridized carbons (Fsp3) is 0.632. The first kappa shape index (κ1) is 21.2. The van der Waals surface area contributed by atoms with Crippen LogP contribution in [0.5, 0.6) is 0 Å². The molecule has 0 bridgehead atoms. The van der Waals surface area contributed by atoms with E-state index in [1.54, 1.807) is 4.90 Å². The lowest BCUT2D eigenvalue weighted by molar-refractivity contribution is 0.0619. The number of piperazine rings is 1. The van der Waals surface area contributed by atoms with Crippen molar-refractivity contribution in [1.29, 1.82) is 0 Å². The smallest absolute Gasteiger partial charge is 0.256 e. The summed E-state index contributed by atoms with van der Waals surface area (Å²) in [6.07, 6.45) is 0. The normalized spacial score (nSPS) is 19.9. The fourth-order valence-electron chi connectivity index (χ4n) is 3.59. The third-order valence-electron chi connectivity index (χ3n) is 5.06. The van der Waals surface area contributed by atoms with Gasteiger partial charge in [-0.3, -0.25) is 9.69 Å². The van der Waals surface area contributed by atoms with Gasteiger partial charge in [-0.15, -0.1) is 0 Å². The molecule has 0 unspecified atom stereocenters. The molecule has 0 radical (unpaired) electrons. The summed E-state index contributed by atoms with van der Waals surface area (Å²) < 4.78 is 46.5. The molecule has 0 N–H and O–H groups in total. The van der Waals surface area contributed by atoms with Gasteiger partial charge < -0.3 is 9.64 Å². The molecular formula is C19H28FN3O4S. The zero-order valence-corrected chi connectivity index (χ0v) is 17.3. The molecular weight excluding hydrogens is 385 g/mol. The van der Waals surface area contributed by atoms with Crippen LogP contribution in [0.1, 0.15) is 24.2 Å². The quantitative estimate of drug-likeness (QED) is 0.727. The number of morpholine rings is 1. The molecule has 2 fully saturated rings. The highest BCUT2D eigenvalue weighted by atomic mass is 32.2. The van der Waals surface area contributed by atoms with Crippen molar-refractivity contribution in [3.8, 4) is 0 Å². The Morgan fingerprint density at radius 2 is 1.75 bits per heavy atom. The van der Waals surface area contributed by atoms with E-state index in [9.17, 15) is 17.6 Å². The van der Waals surface area contributed by atoms with E-state index >= 15 is 0 Å². The summed E-state index contributed by atoms with van der Waals surface area (Å²) in [5.41, 5.74) is -0.188. The number of halogens is 1. The lowest BCUT2D eigenvalue weighted by atomic mass is 10.1. The standard InChI is InChI=1S/C19H28FN3O4S/c1-15(2)14-21-5-7-22(8-6-21)19(24)17-13-16(3-4-18(17)20)28(25,26)23-9-11-27-12-10-23/h3-4,13,15H,5-12,14H2,1-2H3. The van der Waals surface area contributed by atoms with Gasteiger partial charge in [-0.2, -0.15) is 4.31 Å². The van der Waals surface area contributed by atoms with Crippen molar-refractivity contribution >= 4 is 15.9 Å². The molecule has 0 aromatic heterocycles. The highest BCUT2D eigenvalue weighted by Gasteiger charge is 2.29. The molecule has 0 saturated carbocycles. The summed E-state index contributed by atoms with van der Waals surface area (Å²) in [5, 5.41) is 0. The van der Waals surface area contributed by atoms with Crippen molar-refractivity contribution in [2.24, 2.45) is 5.92 Å². The van der Waals surface area contributed by atoms with Gasteiger partial charge in [0.25, 0.3) is 5.91 Å². The highest BCUT2D eigenvalue weighted by Crippen LogP contribution is 2.22. The van der Waals surface area contributed by atoms with Crippen LogP contribution in [0.4, 0.5) is 4.39 Å². The molecule has 2 aliphatic rings. The summed E-state index contributed by atoms with van der Waals surface area (Å²) in [6.45, 7) is 8.89. The van der Waals surface area contributed by atoms with Crippen LogP contribution in [0, 0.1) is 11.7 Å². The Bertz CT molecular complexity index is 801. The second-order valence-corrected chi connectivity index (χ2v) is 9.58. The molecule has 2 aliphatic heterocycles. The monoisotopic (exact) mass is 413 g/mol. The number of sulfonamides is 1. The molecule has 9 heteroatoms. The van der Waals surface area contributed by atoms with Crippen LogP contribution < -0.4 is 0 Å². The zero-order valence-electron chi connectivity index (χ0n) is 16.4. The average molecular weight is 414 g/mol. The lowest BCUT2D eigenvalue weighted by Crippen LogP contribution is -2.49. The summed E-state index contributed by atoms with van der Waals surface area (Å²) in [4.78, 5) is 16.7. The van der Waals surface area contributed by atoms with Crippen LogP contribution in [-0.4, -0.2) is 87.5 Å². The summed E-state index contributed by atoms with van der Waals surface area (Å²) >= 11 is 0. The van der Waals surface area contributed by atoms with Gasteiger partial charge in [-0.05, 0) is 24.1 Å². The van der Waals surface area contributed by atoms with E-state index in [4.69, 9.17) is 4.74 Å². The van der Waals surface area contributed by atoms with Gasteiger partial charge >= 0.3 is 0 Å². The molecule has 2 heterocycles. The van der Waals surface area contributed by atoms with E-state index in [1.807, 2.05) is 0 Å². The first-order valence-corrected chi connectivity index (χ1v) is 11.1. The lowest BCUT2D eigenvalue weighted by Gasteiger charge is -2.35. The van der Waals surface area contributed by atoms with Crippen molar-refractivity contribution in [1.82, 2.24) is 14.1 Å². The number of hydrogen-bond acceptors (Lipinski definition) is 5. The topological polar surface area (TPSA) is 70.2 Å². The minimum Gasteiger partial charge on any atom is -0.379 e. The summed E-state index contributed by atoms with van der Waals surface area (Å²) in [5.74, 6) is -0.613. The number of carbonyl (C=O) groups is 1. The van der Waals surface area contributed by atoms with E-state index in [-0.39, 0.29) is 23.5 Å². The van der Waals surface area contributed by atoms with E-state index in [0.717, 1.165) is 25.7 Å². The predicted octanol–water partition coefficient (Wildman–Crippen LogP) is 1.26. The van der Waals surface area contributed by atoms with E-state index < -0.39 is 21.7 Å². The van der Waals surface area contributed by atoms with Crippen molar-refractivity contribution in [3.63, 3.8) is 0 Å². The Hall–Kier alpha value is -1.55. The fourth-order valence-corrected chi connectivity index (χ4v) is 5.02. The van der Waals surface area contributed by atoms with Gasteiger partial charge in [0, 0.05) is 45.8 Å². The minimum absolute atomic E-state index is 0.0578. The predicted molar refractivity (Wildman–Crippen MR) is 103 cm³/mol. The molecule has 0 aliphatic carbocycles. The van der Waals surface area contributed by atoms with E-state index in [1.165, 1.54) is 16.4 Å². The molecule has 0 spiro atoms. The maximum atomic E-state index is 14.4. The molecule has 3 rings (SSSR count). The van der Waals surface area contributed by atoms with Gasteiger partial charge in [0.05, 0.1) is 23.7 Å².